The van der Waals surface area contributed by atoms with Gasteiger partial charge in [-0.1, -0.05) is 5.44 Å². The van der Waals surface area contributed by atoms with Crippen molar-refractivity contribution in [3.63, 3.8) is 0 Å². The van der Waals surface area contributed by atoms with E-state index in [0.717, 1.165) is 0 Å². The summed E-state index contributed by atoms with van der Waals surface area (Å²) in [5.41, 5.74) is 0.248. The molecule has 4 nitrogen and oxygen atoms in total. The van der Waals surface area contributed by atoms with Gasteiger partial charge in [0.05, 0.1) is 0 Å². The molecule has 0 amide bonds. The molecule has 0 unspecified atom stereocenters. The molecule has 0 heterocycles. The van der Waals surface area contributed by atoms with Crippen molar-refractivity contribution in [2.45, 2.75) is 13.8 Å². The summed E-state index contributed by atoms with van der Waals surface area (Å²) in [6.45, 7) is 2.75. The average molecular weight is 234 g/mol. The molecule has 0 aromatic heterocycles. The summed E-state index contributed by atoms with van der Waals surface area (Å²) in [7, 11) is 0. The third-order valence-electron chi connectivity index (χ3n) is 0.453. The van der Waals surface area contributed by atoms with Gasteiger partial charge in [-0.05, 0) is 4.58 Å². The monoisotopic (exact) mass is 233 g/mol. The first-order chi connectivity index (χ1) is 4.16. The van der Waals surface area contributed by atoms with E-state index >= 15 is 0 Å². The molecule has 10 heavy (non-hydrogen) atoms. The molecule has 0 spiro atoms. The van der Waals surface area contributed by atoms with Crippen LogP contribution in [0, 0.1) is 10.3 Å². The Kier molecular flexibility index (Phi) is 11.5. The van der Waals surface area contributed by atoms with E-state index in [1.54, 1.807) is 0 Å². The maximum Gasteiger partial charge on any atom is 1.00 e. The van der Waals surface area contributed by atoms with Crippen molar-refractivity contribution < 1.29 is 67.7 Å². The van der Waals surface area contributed by atoms with Gasteiger partial charge in [-0.3, -0.25) is 4.79 Å². The number of ether oxygens (including phenoxy) is 1. The van der Waals surface area contributed by atoms with Gasteiger partial charge in [-0.25, -0.2) is 0 Å². The molecule has 0 bridgehead atoms. The normalized spacial score (nSPS) is 8.30. The SMILES string of the molecule is CC(=O)O[C-](C)SN=O.[Rb+]. The zero-order chi connectivity index (χ0) is 7.28. The minimum Gasteiger partial charge on any atom is -0.622 e. The Bertz CT molecular complexity index is 121. The van der Waals surface area contributed by atoms with Gasteiger partial charge in [-0.2, -0.15) is 0 Å². The molecule has 0 saturated heterocycles. The third kappa shape index (κ3) is 9.23. The molecule has 0 aromatic rings. The van der Waals surface area contributed by atoms with Crippen molar-refractivity contribution in [1.29, 1.82) is 0 Å². The van der Waals surface area contributed by atoms with Crippen LogP contribution < -0.4 is 58.2 Å². The van der Waals surface area contributed by atoms with E-state index in [4.69, 9.17) is 0 Å². The van der Waals surface area contributed by atoms with E-state index in [9.17, 15) is 9.70 Å². The predicted molar refractivity (Wildman–Crippen MR) is 34.1 cm³/mol. The second-order valence-electron chi connectivity index (χ2n) is 1.25. The van der Waals surface area contributed by atoms with Gasteiger partial charge in [0, 0.05) is 6.92 Å². The predicted octanol–water partition coefficient (Wildman–Crippen LogP) is -1.52. The Morgan fingerprint density at radius 1 is 1.70 bits per heavy atom. The number of carbonyl (C=O) groups is 1. The van der Waals surface area contributed by atoms with Crippen LogP contribution in [0.15, 0.2) is 4.58 Å². The molecule has 0 aliphatic carbocycles. The molecule has 0 rings (SSSR count). The minimum atomic E-state index is -0.441. The zero-order valence-corrected chi connectivity index (χ0v) is 11.8. The van der Waals surface area contributed by atoms with Crippen LogP contribution in [0.25, 0.3) is 0 Å². The van der Waals surface area contributed by atoms with E-state index in [0.29, 0.717) is 11.9 Å². The number of esters is 1. The number of hydrogen-bond donors (Lipinski definition) is 0. The first-order valence-corrected chi connectivity index (χ1v) is 2.96. The van der Waals surface area contributed by atoms with Crippen LogP contribution in [-0.4, -0.2) is 5.97 Å². The Balaban J connectivity index is 0. The average Bonchev–Trinajstić information content (AvgIpc) is 1.63. The summed E-state index contributed by atoms with van der Waals surface area (Å²) in [5.74, 6) is -0.441. The number of hydrogen-bond acceptors (Lipinski definition) is 5. The van der Waals surface area contributed by atoms with Crippen molar-refractivity contribution >= 4 is 17.9 Å². The van der Waals surface area contributed by atoms with E-state index in [1.807, 2.05) is 0 Å². The number of nitrogens with zero attached hydrogens (tertiary/aromatic N) is 1. The maximum atomic E-state index is 10.1. The first kappa shape index (κ1) is 13.8. The van der Waals surface area contributed by atoms with Gasteiger partial charge in [0.25, 0.3) is 5.97 Å². The van der Waals surface area contributed by atoms with Crippen LogP contribution in [0.1, 0.15) is 13.8 Å². The smallest absolute Gasteiger partial charge is 0.622 e. The quantitative estimate of drug-likeness (QED) is 0.257. The topological polar surface area (TPSA) is 55.7 Å². The zero-order valence-electron chi connectivity index (χ0n) is 6.08. The molecule has 52 valence electrons. The van der Waals surface area contributed by atoms with E-state index in [-0.39, 0.29) is 63.6 Å². The standard InChI is InChI=1S/C4H6NO3S.Rb/c1-3(6)8-4(2)9-5-7;/h1-2H3;/q-1;+1. The molecule has 0 radical (unpaired) electrons. The van der Waals surface area contributed by atoms with Gasteiger partial charge in [0.15, 0.2) is 0 Å². The molecular weight excluding hydrogens is 228 g/mol. The fraction of sp³-hybridized carbons (Fsp3) is 0.500. The second-order valence-corrected chi connectivity index (χ2v) is 2.16. The Hall–Kier alpha value is 1.23. The van der Waals surface area contributed by atoms with Crippen molar-refractivity contribution in [3.05, 3.63) is 10.3 Å². The number of rotatable bonds is 3. The van der Waals surface area contributed by atoms with E-state index in [1.165, 1.54) is 13.8 Å². The van der Waals surface area contributed by atoms with Crippen molar-refractivity contribution in [3.8, 4) is 0 Å². The summed E-state index contributed by atoms with van der Waals surface area (Å²) < 4.78 is 6.88. The summed E-state index contributed by atoms with van der Waals surface area (Å²) in [6, 6.07) is 0. The molecular formula is C4H6NO3RbS. The summed E-state index contributed by atoms with van der Waals surface area (Å²) in [4.78, 5) is 19.6. The molecule has 0 aromatic carbocycles. The molecule has 0 aliphatic rings. The second kappa shape index (κ2) is 8.32. The minimum absolute atomic E-state index is 0. The van der Waals surface area contributed by atoms with E-state index < -0.39 is 5.97 Å². The van der Waals surface area contributed by atoms with Gasteiger partial charge in [0.2, 0.25) is 0 Å². The van der Waals surface area contributed by atoms with Crippen LogP contribution in [0.3, 0.4) is 0 Å². The third-order valence-corrected chi connectivity index (χ3v) is 0.868. The van der Waals surface area contributed by atoms with Crippen LogP contribution in [-0.2, 0) is 9.53 Å². The molecule has 0 saturated carbocycles. The largest absolute Gasteiger partial charge is 1.00 e. The number of carbonyl (C=O) groups excluding carboxylic acids is 1. The van der Waals surface area contributed by atoms with Crippen molar-refractivity contribution in [2.24, 2.45) is 4.58 Å². The molecule has 0 N–H and O–H groups in total. The molecule has 0 fully saturated rings. The van der Waals surface area contributed by atoms with Crippen LogP contribution >= 0.6 is 11.9 Å². The van der Waals surface area contributed by atoms with Crippen molar-refractivity contribution in [1.82, 2.24) is 0 Å². The van der Waals surface area contributed by atoms with E-state index in [2.05, 4.69) is 9.32 Å². The summed E-state index contributed by atoms with van der Waals surface area (Å²) in [5, 5.41) is 0. The van der Waals surface area contributed by atoms with Crippen molar-refractivity contribution in [2.75, 3.05) is 0 Å². The van der Waals surface area contributed by atoms with Gasteiger partial charge < -0.3 is 4.74 Å². The fourth-order valence-corrected chi connectivity index (χ4v) is 0.533. The summed E-state index contributed by atoms with van der Waals surface area (Å²) >= 11 is 0.603. The maximum absolute atomic E-state index is 10.1. The number of nitroso groups, excluding NO2 is 1. The van der Waals surface area contributed by atoms with Crippen LogP contribution in [0.2, 0.25) is 0 Å². The Morgan fingerprint density at radius 3 is 2.50 bits per heavy atom. The molecule has 0 atom stereocenters. The molecule has 6 heteroatoms. The fourth-order valence-electron chi connectivity index (χ4n) is 0.274. The molecule has 0 aliphatic heterocycles. The van der Waals surface area contributed by atoms with Crippen LogP contribution in [0.5, 0.6) is 0 Å². The first-order valence-electron chi connectivity index (χ1n) is 2.18. The van der Waals surface area contributed by atoms with Gasteiger partial charge >= 0.3 is 58.2 Å². The van der Waals surface area contributed by atoms with Gasteiger partial charge in [0.1, 0.15) is 0 Å². The van der Waals surface area contributed by atoms with Crippen LogP contribution in [0.4, 0.5) is 0 Å². The summed E-state index contributed by atoms with van der Waals surface area (Å²) in [6.07, 6.45) is 0. The Labute approximate surface area is 112 Å². The Morgan fingerprint density at radius 2 is 2.20 bits per heavy atom. The van der Waals surface area contributed by atoms with Gasteiger partial charge in [-0.15, -0.1) is 23.8 Å².